The summed E-state index contributed by atoms with van der Waals surface area (Å²) in [5.41, 5.74) is 0. The Morgan fingerprint density at radius 3 is 2.86 bits per heavy atom. The summed E-state index contributed by atoms with van der Waals surface area (Å²) in [4.78, 5) is 25.1. The number of nitrogens with one attached hydrogen (secondary N) is 1. The molecule has 0 saturated carbocycles. The molecule has 1 heterocycles. The monoisotopic (exact) mass is 201 g/mol. The van der Waals surface area contributed by atoms with Crippen molar-refractivity contribution in [2.45, 2.75) is 0 Å². The lowest BCUT2D eigenvalue weighted by atomic mass is 10.5. The van der Waals surface area contributed by atoms with Gasteiger partial charge >= 0.3 is 12.1 Å². The molecule has 0 unspecified atom stereocenters. The van der Waals surface area contributed by atoms with Crippen LogP contribution in [0.15, 0.2) is 0 Å². The third-order valence-corrected chi connectivity index (χ3v) is 1.91. The predicted molar refractivity (Wildman–Crippen MR) is 50.0 cm³/mol. The molecule has 0 aromatic carbocycles. The van der Waals surface area contributed by atoms with Gasteiger partial charge < -0.3 is 19.9 Å². The maximum atomic E-state index is 11.1. The molecule has 1 saturated heterocycles. The molecule has 0 atom stereocenters. The van der Waals surface area contributed by atoms with Gasteiger partial charge in [0, 0.05) is 27.2 Å². The summed E-state index contributed by atoms with van der Waals surface area (Å²) >= 11 is 0. The van der Waals surface area contributed by atoms with Crippen LogP contribution in [0.4, 0.5) is 9.59 Å². The number of hydrogen-bond donors (Lipinski definition) is 1. The fourth-order valence-electron chi connectivity index (χ4n) is 1.08. The van der Waals surface area contributed by atoms with Gasteiger partial charge in [-0.1, -0.05) is 0 Å². The van der Waals surface area contributed by atoms with Crippen molar-refractivity contribution in [3.63, 3.8) is 0 Å². The second-order valence-electron chi connectivity index (χ2n) is 3.23. The molecule has 1 rings (SSSR count). The van der Waals surface area contributed by atoms with Gasteiger partial charge in [-0.05, 0) is 0 Å². The van der Waals surface area contributed by atoms with E-state index in [1.54, 1.807) is 19.0 Å². The van der Waals surface area contributed by atoms with Crippen LogP contribution in [0.1, 0.15) is 0 Å². The topological polar surface area (TPSA) is 61.9 Å². The summed E-state index contributed by atoms with van der Waals surface area (Å²) in [5, 5.41) is 2.67. The van der Waals surface area contributed by atoms with Gasteiger partial charge in [0.05, 0.1) is 6.54 Å². The first-order valence-electron chi connectivity index (χ1n) is 4.48. The maximum absolute atomic E-state index is 11.1. The van der Waals surface area contributed by atoms with Gasteiger partial charge in [0.25, 0.3) is 0 Å². The zero-order valence-corrected chi connectivity index (χ0v) is 8.45. The molecule has 0 aromatic rings. The normalized spacial score (nSPS) is 15.3. The fourth-order valence-corrected chi connectivity index (χ4v) is 1.08. The van der Waals surface area contributed by atoms with Crippen molar-refractivity contribution in [2.75, 3.05) is 40.3 Å². The Balaban J connectivity index is 2.15. The van der Waals surface area contributed by atoms with E-state index in [4.69, 9.17) is 4.74 Å². The Bertz CT molecular complexity index is 230. The molecule has 0 radical (unpaired) electrons. The highest BCUT2D eigenvalue weighted by molar-refractivity contribution is 5.73. The largest absolute Gasteiger partial charge is 0.448 e. The Kier molecular flexibility index (Phi) is 3.55. The maximum Gasteiger partial charge on any atom is 0.409 e. The number of cyclic esters (lactones) is 1. The second-order valence-corrected chi connectivity index (χ2v) is 3.23. The van der Waals surface area contributed by atoms with Gasteiger partial charge in [0.2, 0.25) is 0 Å². The highest BCUT2D eigenvalue weighted by atomic mass is 16.6. The van der Waals surface area contributed by atoms with Crippen molar-refractivity contribution in [1.29, 1.82) is 0 Å². The Morgan fingerprint density at radius 2 is 2.36 bits per heavy atom. The predicted octanol–water partition coefficient (Wildman–Crippen LogP) is -0.290. The smallest absolute Gasteiger partial charge is 0.409 e. The number of carbonyl (C=O) groups excluding carboxylic acids is 2. The number of carbonyl (C=O) groups is 2. The molecule has 3 amide bonds. The van der Waals surface area contributed by atoms with Crippen molar-refractivity contribution < 1.29 is 14.3 Å². The lowest BCUT2D eigenvalue weighted by Gasteiger charge is -2.15. The van der Waals surface area contributed by atoms with E-state index in [1.165, 1.54) is 4.90 Å². The first-order chi connectivity index (χ1) is 6.61. The molecule has 0 bridgehead atoms. The van der Waals surface area contributed by atoms with Gasteiger partial charge in [-0.25, -0.2) is 9.59 Å². The van der Waals surface area contributed by atoms with E-state index < -0.39 is 0 Å². The number of hydrogen-bond acceptors (Lipinski definition) is 3. The van der Waals surface area contributed by atoms with Crippen molar-refractivity contribution in [1.82, 2.24) is 15.1 Å². The summed E-state index contributed by atoms with van der Waals surface area (Å²) in [6, 6.07) is -0.155. The van der Waals surface area contributed by atoms with Crippen LogP contribution in [0.3, 0.4) is 0 Å². The SMILES string of the molecule is CN(C)C(=O)NCCN1CCOC1=O. The molecular formula is C8H15N3O3. The average Bonchev–Trinajstić information content (AvgIpc) is 2.51. The molecule has 0 aromatic heterocycles. The molecule has 0 aliphatic carbocycles. The van der Waals surface area contributed by atoms with Gasteiger partial charge in [0.15, 0.2) is 0 Å². The molecule has 6 heteroatoms. The zero-order chi connectivity index (χ0) is 10.6. The lowest BCUT2D eigenvalue weighted by molar-refractivity contribution is 0.158. The lowest BCUT2D eigenvalue weighted by Crippen LogP contribution is -2.40. The molecule has 1 aliphatic rings. The second kappa shape index (κ2) is 4.69. The standard InChI is InChI=1S/C8H15N3O3/c1-10(2)7(12)9-3-4-11-5-6-14-8(11)13/h3-6H2,1-2H3,(H,9,12). The van der Waals surface area contributed by atoms with Gasteiger partial charge in [-0.3, -0.25) is 0 Å². The number of ether oxygens (including phenoxy) is 1. The van der Waals surface area contributed by atoms with E-state index in [9.17, 15) is 9.59 Å². The van der Waals surface area contributed by atoms with Crippen LogP contribution in [-0.4, -0.2) is 62.3 Å². The van der Waals surface area contributed by atoms with Crippen molar-refractivity contribution in [3.05, 3.63) is 0 Å². The van der Waals surface area contributed by atoms with Gasteiger partial charge in [0.1, 0.15) is 6.61 Å². The Morgan fingerprint density at radius 1 is 1.64 bits per heavy atom. The number of rotatable bonds is 3. The van der Waals surface area contributed by atoms with Crippen LogP contribution in [0.25, 0.3) is 0 Å². The summed E-state index contributed by atoms with van der Waals surface area (Å²) in [5.74, 6) is 0. The Labute approximate surface area is 82.8 Å². The van der Waals surface area contributed by atoms with Crippen LogP contribution in [0.2, 0.25) is 0 Å². The minimum atomic E-state index is -0.302. The van der Waals surface area contributed by atoms with Gasteiger partial charge in [-0.2, -0.15) is 0 Å². The highest BCUT2D eigenvalue weighted by Gasteiger charge is 2.21. The first kappa shape index (κ1) is 10.6. The molecule has 0 spiro atoms. The van der Waals surface area contributed by atoms with Crippen LogP contribution in [-0.2, 0) is 4.74 Å². The number of nitrogens with zero attached hydrogens (tertiary/aromatic N) is 2. The summed E-state index contributed by atoms with van der Waals surface area (Å²) < 4.78 is 4.73. The summed E-state index contributed by atoms with van der Waals surface area (Å²) in [6.07, 6.45) is -0.302. The highest BCUT2D eigenvalue weighted by Crippen LogP contribution is 2.00. The van der Waals surface area contributed by atoms with E-state index in [-0.39, 0.29) is 12.1 Å². The molecule has 1 aliphatic heterocycles. The van der Waals surface area contributed by atoms with Gasteiger partial charge in [-0.15, -0.1) is 0 Å². The third kappa shape index (κ3) is 2.79. The number of urea groups is 1. The molecule has 1 fully saturated rings. The van der Waals surface area contributed by atoms with Crippen LogP contribution >= 0.6 is 0 Å². The zero-order valence-electron chi connectivity index (χ0n) is 8.45. The van der Waals surface area contributed by atoms with Crippen LogP contribution < -0.4 is 5.32 Å². The minimum absolute atomic E-state index is 0.155. The molecule has 1 N–H and O–H groups in total. The van der Waals surface area contributed by atoms with Crippen molar-refractivity contribution in [3.8, 4) is 0 Å². The van der Waals surface area contributed by atoms with E-state index in [2.05, 4.69) is 5.32 Å². The summed E-state index contributed by atoms with van der Waals surface area (Å²) in [6.45, 7) is 2.00. The van der Waals surface area contributed by atoms with Crippen molar-refractivity contribution >= 4 is 12.1 Å². The van der Waals surface area contributed by atoms with Crippen LogP contribution in [0, 0.1) is 0 Å². The van der Waals surface area contributed by atoms with E-state index in [1.807, 2.05) is 0 Å². The van der Waals surface area contributed by atoms with Crippen molar-refractivity contribution in [2.24, 2.45) is 0 Å². The minimum Gasteiger partial charge on any atom is -0.448 e. The van der Waals surface area contributed by atoms with Crippen LogP contribution in [0.5, 0.6) is 0 Å². The molecule has 80 valence electrons. The first-order valence-corrected chi connectivity index (χ1v) is 4.48. The van der Waals surface area contributed by atoms with E-state index in [0.29, 0.717) is 26.2 Å². The summed E-state index contributed by atoms with van der Waals surface area (Å²) in [7, 11) is 3.33. The van der Waals surface area contributed by atoms with E-state index >= 15 is 0 Å². The third-order valence-electron chi connectivity index (χ3n) is 1.91. The quantitative estimate of drug-likeness (QED) is 0.682. The molecular weight excluding hydrogens is 186 g/mol. The molecule has 6 nitrogen and oxygen atoms in total. The van der Waals surface area contributed by atoms with E-state index in [0.717, 1.165) is 0 Å². The Hall–Kier alpha value is -1.46. The average molecular weight is 201 g/mol. The number of amides is 3. The molecule has 14 heavy (non-hydrogen) atoms. The fraction of sp³-hybridized carbons (Fsp3) is 0.750.